The molecule has 1 aliphatic rings. The van der Waals surface area contributed by atoms with E-state index in [1.807, 2.05) is 55.5 Å². The standard InChI is InChI=1S/C25H17Br2NO4/c1-2-31-18-9-7-17(8-10-18)28-22(14-4-3-5-15(26)12-14)21-23(29)19-13-16(27)6-11-20(19)32-24(21)25(28)30/h3-13,22H,2H2,1H3. The van der Waals surface area contributed by atoms with Crippen LogP contribution in [0.5, 0.6) is 5.75 Å². The van der Waals surface area contributed by atoms with Crippen LogP contribution in [0.4, 0.5) is 5.69 Å². The van der Waals surface area contributed by atoms with Crippen molar-refractivity contribution in [3.8, 4) is 5.75 Å². The number of anilines is 1. The zero-order valence-electron chi connectivity index (χ0n) is 17.0. The molecule has 7 heteroatoms. The van der Waals surface area contributed by atoms with Gasteiger partial charge < -0.3 is 9.15 Å². The Balaban J connectivity index is 1.76. The minimum atomic E-state index is -0.618. The summed E-state index contributed by atoms with van der Waals surface area (Å²) < 4.78 is 13.2. The third-order valence-electron chi connectivity index (χ3n) is 5.42. The Labute approximate surface area is 200 Å². The summed E-state index contributed by atoms with van der Waals surface area (Å²) in [6, 6.07) is 19.5. The topological polar surface area (TPSA) is 59.8 Å². The van der Waals surface area contributed by atoms with Crippen LogP contribution in [0.25, 0.3) is 11.0 Å². The van der Waals surface area contributed by atoms with Gasteiger partial charge in [-0.1, -0.05) is 44.0 Å². The van der Waals surface area contributed by atoms with Crippen LogP contribution in [0, 0.1) is 0 Å². The van der Waals surface area contributed by atoms with Crippen molar-refractivity contribution in [2.75, 3.05) is 11.5 Å². The van der Waals surface area contributed by atoms with E-state index in [1.165, 1.54) is 0 Å². The summed E-state index contributed by atoms with van der Waals surface area (Å²) in [5.41, 5.74) is 1.97. The predicted molar refractivity (Wildman–Crippen MR) is 131 cm³/mol. The second-order valence-electron chi connectivity index (χ2n) is 7.37. The van der Waals surface area contributed by atoms with Crippen LogP contribution in [0.2, 0.25) is 0 Å². The summed E-state index contributed by atoms with van der Waals surface area (Å²) in [5.74, 6) is 0.434. The molecule has 1 amide bonds. The van der Waals surface area contributed by atoms with Crippen molar-refractivity contribution in [2.45, 2.75) is 13.0 Å². The van der Waals surface area contributed by atoms with Gasteiger partial charge in [-0.25, -0.2) is 0 Å². The molecule has 1 aromatic heterocycles. The Morgan fingerprint density at radius 3 is 2.44 bits per heavy atom. The molecule has 1 aliphatic heterocycles. The van der Waals surface area contributed by atoms with E-state index in [1.54, 1.807) is 23.1 Å². The largest absolute Gasteiger partial charge is 0.494 e. The molecule has 3 aromatic carbocycles. The van der Waals surface area contributed by atoms with Crippen LogP contribution in [0.1, 0.15) is 34.6 Å². The molecule has 2 heterocycles. The molecular formula is C25H17Br2NO4. The van der Waals surface area contributed by atoms with Gasteiger partial charge >= 0.3 is 0 Å². The number of halogens is 2. The first kappa shape index (κ1) is 21.0. The van der Waals surface area contributed by atoms with E-state index in [0.29, 0.717) is 34.6 Å². The first-order chi connectivity index (χ1) is 15.5. The Morgan fingerprint density at radius 2 is 1.72 bits per heavy atom. The van der Waals surface area contributed by atoms with Crippen molar-refractivity contribution in [2.24, 2.45) is 0 Å². The van der Waals surface area contributed by atoms with Crippen LogP contribution in [0.3, 0.4) is 0 Å². The molecule has 160 valence electrons. The van der Waals surface area contributed by atoms with Gasteiger partial charge in [0, 0.05) is 14.6 Å². The summed E-state index contributed by atoms with van der Waals surface area (Å²) >= 11 is 6.93. The second kappa shape index (κ2) is 8.22. The number of benzene rings is 3. The van der Waals surface area contributed by atoms with E-state index in [0.717, 1.165) is 14.5 Å². The maximum atomic E-state index is 13.6. The van der Waals surface area contributed by atoms with E-state index < -0.39 is 6.04 Å². The number of rotatable bonds is 4. The van der Waals surface area contributed by atoms with E-state index in [2.05, 4.69) is 31.9 Å². The maximum Gasteiger partial charge on any atom is 0.295 e. The highest BCUT2D eigenvalue weighted by atomic mass is 79.9. The number of carbonyl (C=O) groups excluding carboxylic acids is 1. The van der Waals surface area contributed by atoms with Crippen molar-refractivity contribution in [1.29, 1.82) is 0 Å². The fraction of sp³-hybridized carbons (Fsp3) is 0.120. The minimum absolute atomic E-state index is 0.0729. The Bertz CT molecular complexity index is 1410. The van der Waals surface area contributed by atoms with Gasteiger partial charge in [0.05, 0.1) is 23.6 Å². The van der Waals surface area contributed by atoms with Crippen LogP contribution < -0.4 is 15.1 Å². The molecule has 0 bridgehead atoms. The highest BCUT2D eigenvalue weighted by Crippen LogP contribution is 2.42. The molecule has 0 spiro atoms. The Morgan fingerprint density at radius 1 is 0.969 bits per heavy atom. The van der Waals surface area contributed by atoms with Crippen molar-refractivity contribution in [1.82, 2.24) is 0 Å². The quantitative estimate of drug-likeness (QED) is 0.290. The number of hydrogen-bond acceptors (Lipinski definition) is 4. The summed E-state index contributed by atoms with van der Waals surface area (Å²) in [6.07, 6.45) is 0. The van der Waals surface area contributed by atoms with E-state index in [9.17, 15) is 9.59 Å². The first-order valence-corrected chi connectivity index (χ1v) is 11.6. The molecule has 1 unspecified atom stereocenters. The zero-order valence-corrected chi connectivity index (χ0v) is 20.1. The average Bonchev–Trinajstić information content (AvgIpc) is 3.08. The van der Waals surface area contributed by atoms with Crippen LogP contribution in [-0.2, 0) is 0 Å². The average molecular weight is 555 g/mol. The van der Waals surface area contributed by atoms with Gasteiger partial charge in [0.2, 0.25) is 5.76 Å². The summed E-state index contributed by atoms with van der Waals surface area (Å²) in [6.45, 7) is 2.47. The fourth-order valence-corrected chi connectivity index (χ4v) is 4.85. The monoisotopic (exact) mass is 553 g/mol. The normalized spacial score (nSPS) is 15.3. The lowest BCUT2D eigenvalue weighted by Gasteiger charge is -2.25. The molecule has 0 radical (unpaired) electrons. The Hall–Kier alpha value is -2.90. The second-order valence-corrected chi connectivity index (χ2v) is 9.21. The lowest BCUT2D eigenvalue weighted by Crippen LogP contribution is -2.29. The molecule has 0 aliphatic carbocycles. The molecule has 0 N–H and O–H groups in total. The van der Waals surface area contributed by atoms with Gasteiger partial charge in [-0.15, -0.1) is 0 Å². The summed E-state index contributed by atoms with van der Waals surface area (Å²) in [4.78, 5) is 28.8. The SMILES string of the molecule is CCOc1ccc(N2C(=O)c3oc4ccc(Br)cc4c(=O)c3C2c2cccc(Br)c2)cc1. The van der Waals surface area contributed by atoms with Gasteiger partial charge in [0.15, 0.2) is 5.43 Å². The van der Waals surface area contributed by atoms with Gasteiger partial charge in [0.1, 0.15) is 11.3 Å². The molecule has 0 saturated heterocycles. The number of ether oxygens (including phenoxy) is 1. The van der Waals surface area contributed by atoms with Crippen molar-refractivity contribution < 1.29 is 13.9 Å². The van der Waals surface area contributed by atoms with E-state index >= 15 is 0 Å². The van der Waals surface area contributed by atoms with E-state index in [-0.39, 0.29) is 17.1 Å². The van der Waals surface area contributed by atoms with Crippen molar-refractivity contribution in [3.63, 3.8) is 0 Å². The first-order valence-electron chi connectivity index (χ1n) is 10.1. The van der Waals surface area contributed by atoms with E-state index in [4.69, 9.17) is 9.15 Å². The molecule has 32 heavy (non-hydrogen) atoms. The minimum Gasteiger partial charge on any atom is -0.494 e. The Kier molecular flexibility index (Phi) is 5.39. The predicted octanol–water partition coefficient (Wildman–Crippen LogP) is 6.47. The molecule has 1 atom stereocenters. The summed E-state index contributed by atoms with van der Waals surface area (Å²) in [5, 5.41) is 0.430. The molecule has 0 saturated carbocycles. The molecule has 4 aromatic rings. The van der Waals surface area contributed by atoms with Gasteiger partial charge in [0.25, 0.3) is 5.91 Å². The van der Waals surface area contributed by atoms with Crippen LogP contribution >= 0.6 is 31.9 Å². The van der Waals surface area contributed by atoms with Crippen LogP contribution in [0.15, 0.2) is 84.9 Å². The number of amides is 1. The highest BCUT2D eigenvalue weighted by Gasteiger charge is 2.43. The number of hydrogen-bond donors (Lipinski definition) is 0. The number of fused-ring (bicyclic) bond motifs is 2. The molecule has 0 fully saturated rings. The highest BCUT2D eigenvalue weighted by molar-refractivity contribution is 9.10. The van der Waals surface area contributed by atoms with Crippen LogP contribution in [-0.4, -0.2) is 12.5 Å². The maximum absolute atomic E-state index is 13.6. The third kappa shape index (κ3) is 3.45. The lowest BCUT2D eigenvalue weighted by molar-refractivity contribution is 0.0971. The lowest BCUT2D eigenvalue weighted by atomic mass is 9.98. The van der Waals surface area contributed by atoms with Gasteiger partial charge in [-0.3, -0.25) is 14.5 Å². The number of carbonyl (C=O) groups is 1. The van der Waals surface area contributed by atoms with Gasteiger partial charge in [-0.2, -0.15) is 0 Å². The fourth-order valence-electron chi connectivity index (χ4n) is 4.07. The van der Waals surface area contributed by atoms with Crippen molar-refractivity contribution in [3.05, 3.63) is 103 Å². The molecule has 5 nitrogen and oxygen atoms in total. The smallest absolute Gasteiger partial charge is 0.295 e. The van der Waals surface area contributed by atoms with Crippen molar-refractivity contribution >= 4 is 54.4 Å². The molecular weight excluding hydrogens is 538 g/mol. The number of nitrogens with zero attached hydrogens (tertiary/aromatic N) is 1. The zero-order chi connectivity index (χ0) is 22.4. The third-order valence-corrected chi connectivity index (χ3v) is 6.41. The summed E-state index contributed by atoms with van der Waals surface area (Å²) in [7, 11) is 0. The van der Waals surface area contributed by atoms with Gasteiger partial charge in [-0.05, 0) is 67.1 Å². The molecule has 5 rings (SSSR count).